The van der Waals surface area contributed by atoms with E-state index in [1.165, 1.54) is 7.11 Å². The number of rotatable bonds is 4. The van der Waals surface area contributed by atoms with Gasteiger partial charge in [0, 0.05) is 6.61 Å². The van der Waals surface area contributed by atoms with Crippen LogP contribution in [0.3, 0.4) is 0 Å². The van der Waals surface area contributed by atoms with Crippen molar-refractivity contribution in [1.29, 1.82) is 0 Å². The van der Waals surface area contributed by atoms with E-state index in [0.717, 1.165) is 0 Å². The molecular formula is C10H18O5S. The SMILES string of the molecule is COC(=O)C(C)CS(=O)(=O)C1CCOC1C. The van der Waals surface area contributed by atoms with Gasteiger partial charge in [-0.25, -0.2) is 8.42 Å². The Balaban J connectivity index is 2.68. The molecule has 0 saturated carbocycles. The standard InChI is InChI=1S/C10H18O5S/c1-7(10(11)14-3)6-16(12,13)9-4-5-15-8(9)2/h7-9H,4-6H2,1-3H3. The molecule has 1 aliphatic heterocycles. The van der Waals surface area contributed by atoms with Crippen molar-refractivity contribution in [1.82, 2.24) is 0 Å². The fourth-order valence-corrected chi connectivity index (χ4v) is 4.12. The topological polar surface area (TPSA) is 69.7 Å². The predicted octanol–water partition coefficient (Wildman–Crippen LogP) is 0.388. The fourth-order valence-electron chi connectivity index (χ4n) is 1.92. The second-order valence-corrected chi connectivity index (χ2v) is 6.42. The molecule has 1 saturated heterocycles. The normalized spacial score (nSPS) is 27.7. The Morgan fingerprint density at radius 2 is 2.19 bits per heavy atom. The van der Waals surface area contributed by atoms with Crippen molar-refractivity contribution in [2.75, 3.05) is 19.5 Å². The van der Waals surface area contributed by atoms with Crippen LogP contribution >= 0.6 is 0 Å². The predicted molar refractivity (Wildman–Crippen MR) is 58.8 cm³/mol. The molecular weight excluding hydrogens is 232 g/mol. The molecule has 0 aliphatic carbocycles. The summed E-state index contributed by atoms with van der Waals surface area (Å²) >= 11 is 0. The number of esters is 1. The van der Waals surface area contributed by atoms with E-state index in [0.29, 0.717) is 13.0 Å². The lowest BCUT2D eigenvalue weighted by atomic mass is 10.2. The van der Waals surface area contributed by atoms with Gasteiger partial charge in [-0.1, -0.05) is 6.92 Å². The monoisotopic (exact) mass is 250 g/mol. The highest BCUT2D eigenvalue weighted by Gasteiger charge is 2.37. The number of hydrogen-bond acceptors (Lipinski definition) is 5. The first kappa shape index (κ1) is 13.4. The summed E-state index contributed by atoms with van der Waals surface area (Å²) in [4.78, 5) is 11.2. The van der Waals surface area contributed by atoms with Crippen LogP contribution in [0.2, 0.25) is 0 Å². The van der Waals surface area contributed by atoms with E-state index < -0.39 is 27.0 Å². The molecule has 1 aliphatic rings. The summed E-state index contributed by atoms with van der Waals surface area (Å²) < 4.78 is 33.7. The Hall–Kier alpha value is -0.620. The molecule has 5 nitrogen and oxygen atoms in total. The molecule has 0 aromatic rings. The zero-order valence-electron chi connectivity index (χ0n) is 9.80. The largest absolute Gasteiger partial charge is 0.469 e. The van der Waals surface area contributed by atoms with Crippen LogP contribution in [0.25, 0.3) is 0 Å². The molecule has 0 bridgehead atoms. The lowest BCUT2D eigenvalue weighted by molar-refractivity contribution is -0.144. The molecule has 3 unspecified atom stereocenters. The summed E-state index contributed by atoms with van der Waals surface area (Å²) in [5, 5.41) is -0.486. The highest BCUT2D eigenvalue weighted by Crippen LogP contribution is 2.23. The molecule has 0 aromatic carbocycles. The molecule has 94 valence electrons. The molecule has 0 aromatic heterocycles. The maximum absolute atomic E-state index is 12.0. The van der Waals surface area contributed by atoms with E-state index in [2.05, 4.69) is 4.74 Å². The lowest BCUT2D eigenvalue weighted by Gasteiger charge is -2.17. The van der Waals surface area contributed by atoms with Gasteiger partial charge in [-0.2, -0.15) is 0 Å². The minimum atomic E-state index is -3.29. The third-order valence-corrected chi connectivity index (χ3v) is 5.36. The zero-order chi connectivity index (χ0) is 12.3. The molecule has 0 amide bonds. The van der Waals surface area contributed by atoms with Crippen molar-refractivity contribution in [3.8, 4) is 0 Å². The number of methoxy groups -OCH3 is 1. The van der Waals surface area contributed by atoms with Crippen molar-refractivity contribution in [3.63, 3.8) is 0 Å². The van der Waals surface area contributed by atoms with Gasteiger partial charge in [0.25, 0.3) is 0 Å². The van der Waals surface area contributed by atoms with E-state index in [4.69, 9.17) is 4.74 Å². The molecule has 1 rings (SSSR count). The van der Waals surface area contributed by atoms with Gasteiger partial charge in [-0.05, 0) is 13.3 Å². The van der Waals surface area contributed by atoms with Crippen molar-refractivity contribution in [2.45, 2.75) is 31.6 Å². The third kappa shape index (κ3) is 2.95. The molecule has 6 heteroatoms. The van der Waals surface area contributed by atoms with Crippen LogP contribution in [0.4, 0.5) is 0 Å². The number of carbonyl (C=O) groups excluding carboxylic acids is 1. The van der Waals surface area contributed by atoms with Gasteiger partial charge in [0.2, 0.25) is 0 Å². The molecule has 1 heterocycles. The Bertz CT molecular complexity index is 348. The maximum atomic E-state index is 12.0. The van der Waals surface area contributed by atoms with Crippen LogP contribution in [0.5, 0.6) is 0 Å². The van der Waals surface area contributed by atoms with Gasteiger partial charge < -0.3 is 9.47 Å². The van der Waals surface area contributed by atoms with Crippen LogP contribution in [0.15, 0.2) is 0 Å². The van der Waals surface area contributed by atoms with Gasteiger partial charge in [0.05, 0.1) is 30.1 Å². The molecule has 0 radical (unpaired) electrons. The average molecular weight is 250 g/mol. The highest BCUT2D eigenvalue weighted by atomic mass is 32.2. The summed E-state index contributed by atoms with van der Waals surface area (Å²) in [5.74, 6) is -1.28. The minimum absolute atomic E-state index is 0.169. The van der Waals surface area contributed by atoms with E-state index in [1.807, 2.05) is 0 Å². The first-order chi connectivity index (χ1) is 7.38. The molecule has 0 N–H and O–H groups in total. The van der Waals surface area contributed by atoms with Crippen LogP contribution < -0.4 is 0 Å². The summed E-state index contributed by atoms with van der Waals surface area (Å²) in [6.45, 7) is 3.78. The smallest absolute Gasteiger partial charge is 0.309 e. The fraction of sp³-hybridized carbons (Fsp3) is 0.900. The Morgan fingerprint density at radius 3 is 2.62 bits per heavy atom. The Morgan fingerprint density at radius 1 is 1.56 bits per heavy atom. The van der Waals surface area contributed by atoms with Crippen molar-refractivity contribution < 1.29 is 22.7 Å². The summed E-state index contributed by atoms with van der Waals surface area (Å²) in [7, 11) is -2.03. The molecule has 16 heavy (non-hydrogen) atoms. The van der Waals surface area contributed by atoms with Crippen molar-refractivity contribution in [2.24, 2.45) is 5.92 Å². The lowest BCUT2D eigenvalue weighted by Crippen LogP contribution is -2.34. The summed E-state index contributed by atoms with van der Waals surface area (Å²) in [6, 6.07) is 0. The van der Waals surface area contributed by atoms with E-state index in [-0.39, 0.29) is 11.9 Å². The van der Waals surface area contributed by atoms with Gasteiger partial charge in [0.15, 0.2) is 9.84 Å². The first-order valence-electron chi connectivity index (χ1n) is 5.29. The number of carbonyl (C=O) groups is 1. The quantitative estimate of drug-likeness (QED) is 0.675. The maximum Gasteiger partial charge on any atom is 0.309 e. The third-order valence-electron chi connectivity index (χ3n) is 2.85. The van der Waals surface area contributed by atoms with E-state index in [1.54, 1.807) is 13.8 Å². The van der Waals surface area contributed by atoms with Crippen LogP contribution in [-0.4, -0.2) is 45.2 Å². The first-order valence-corrected chi connectivity index (χ1v) is 7.01. The van der Waals surface area contributed by atoms with Crippen LogP contribution in [-0.2, 0) is 24.1 Å². The number of ether oxygens (including phenoxy) is 2. The number of sulfone groups is 1. The summed E-state index contributed by atoms with van der Waals surface area (Å²) in [6.07, 6.45) is 0.229. The van der Waals surface area contributed by atoms with Crippen molar-refractivity contribution >= 4 is 15.8 Å². The molecule has 1 fully saturated rings. The van der Waals surface area contributed by atoms with Gasteiger partial charge >= 0.3 is 5.97 Å². The van der Waals surface area contributed by atoms with E-state index >= 15 is 0 Å². The second kappa shape index (κ2) is 5.14. The van der Waals surface area contributed by atoms with Gasteiger partial charge in [0.1, 0.15) is 0 Å². The average Bonchev–Trinajstić information content (AvgIpc) is 2.63. The van der Waals surface area contributed by atoms with Gasteiger partial charge in [-0.15, -0.1) is 0 Å². The molecule has 3 atom stereocenters. The minimum Gasteiger partial charge on any atom is -0.469 e. The van der Waals surface area contributed by atoms with Crippen LogP contribution in [0.1, 0.15) is 20.3 Å². The second-order valence-electron chi connectivity index (χ2n) is 4.16. The van der Waals surface area contributed by atoms with Gasteiger partial charge in [-0.3, -0.25) is 4.79 Å². The highest BCUT2D eigenvalue weighted by molar-refractivity contribution is 7.92. The molecule has 0 spiro atoms. The zero-order valence-corrected chi connectivity index (χ0v) is 10.6. The van der Waals surface area contributed by atoms with Crippen molar-refractivity contribution in [3.05, 3.63) is 0 Å². The summed E-state index contributed by atoms with van der Waals surface area (Å²) in [5.41, 5.74) is 0. The van der Waals surface area contributed by atoms with E-state index in [9.17, 15) is 13.2 Å². The number of hydrogen-bond donors (Lipinski definition) is 0. The van der Waals surface area contributed by atoms with Crippen LogP contribution in [0, 0.1) is 5.92 Å². The Kier molecular flexibility index (Phi) is 4.32. The Labute approximate surface area is 96.0 Å².